The molecule has 3 heteroatoms. The van der Waals surface area contributed by atoms with Crippen molar-refractivity contribution in [1.29, 1.82) is 0 Å². The molecule has 0 saturated carbocycles. The molecule has 0 saturated heterocycles. The fraction of sp³-hybridized carbons (Fsp3) is 0.889. The molecule has 0 atom stereocenters. The Morgan fingerprint density at radius 2 is 1.92 bits per heavy atom. The summed E-state index contributed by atoms with van der Waals surface area (Å²) in [6.45, 7) is 1.06. The van der Waals surface area contributed by atoms with Crippen molar-refractivity contribution in [1.82, 2.24) is 4.90 Å². The summed E-state index contributed by atoms with van der Waals surface area (Å²) in [4.78, 5) is 13.1. The van der Waals surface area contributed by atoms with Crippen molar-refractivity contribution in [3.63, 3.8) is 0 Å². The first kappa shape index (κ1) is 11.9. The Hall–Kier alpha value is -0.0800. The number of unbranched alkanes of at least 4 members (excludes halogenated alkanes) is 1. The molecule has 12 heavy (non-hydrogen) atoms. The average Bonchev–Trinajstić information content (AvgIpc) is 1.98. The number of carbonyl (C=O) groups is 1. The van der Waals surface area contributed by atoms with Crippen molar-refractivity contribution in [3.8, 4) is 0 Å². The monoisotopic (exact) mass is 191 g/mol. The summed E-state index contributed by atoms with van der Waals surface area (Å²) >= 11 is 5.43. The van der Waals surface area contributed by atoms with Crippen molar-refractivity contribution in [3.05, 3.63) is 0 Å². The highest BCUT2D eigenvalue weighted by atomic mass is 35.5. The zero-order chi connectivity index (χ0) is 9.40. The first-order chi connectivity index (χ1) is 5.66. The maximum Gasteiger partial charge on any atom is 0.134 e. The number of ketones is 1. The van der Waals surface area contributed by atoms with Crippen LogP contribution >= 0.6 is 11.6 Å². The van der Waals surface area contributed by atoms with Crippen molar-refractivity contribution < 1.29 is 4.79 Å². The lowest BCUT2D eigenvalue weighted by molar-refractivity contribution is -0.118. The van der Waals surface area contributed by atoms with E-state index in [9.17, 15) is 4.79 Å². The Balaban J connectivity index is 3.14. The van der Waals surface area contributed by atoms with E-state index in [4.69, 9.17) is 11.6 Å². The van der Waals surface area contributed by atoms with Crippen LogP contribution in [0.15, 0.2) is 0 Å². The van der Waals surface area contributed by atoms with Crippen LogP contribution in [0, 0.1) is 0 Å². The van der Waals surface area contributed by atoms with Gasteiger partial charge in [-0.2, -0.15) is 0 Å². The van der Waals surface area contributed by atoms with Crippen LogP contribution in [0.4, 0.5) is 0 Å². The summed E-state index contributed by atoms with van der Waals surface area (Å²) in [6.07, 6.45) is 3.32. The fourth-order valence-electron chi connectivity index (χ4n) is 0.981. The van der Waals surface area contributed by atoms with Crippen LogP contribution in [0.25, 0.3) is 0 Å². The van der Waals surface area contributed by atoms with Crippen molar-refractivity contribution in [2.24, 2.45) is 0 Å². The molecule has 0 unspecified atom stereocenters. The summed E-state index contributed by atoms with van der Waals surface area (Å²) < 4.78 is 0. The molecule has 0 aliphatic rings. The molecule has 0 fully saturated rings. The lowest BCUT2D eigenvalue weighted by atomic mass is 10.1. The second kappa shape index (κ2) is 7.56. The van der Waals surface area contributed by atoms with Crippen LogP contribution in [-0.4, -0.2) is 37.2 Å². The van der Waals surface area contributed by atoms with E-state index in [0.29, 0.717) is 24.5 Å². The Morgan fingerprint density at radius 3 is 2.42 bits per heavy atom. The van der Waals surface area contributed by atoms with Gasteiger partial charge in [0.15, 0.2) is 0 Å². The van der Waals surface area contributed by atoms with Crippen LogP contribution in [0.5, 0.6) is 0 Å². The quantitative estimate of drug-likeness (QED) is 0.453. The van der Waals surface area contributed by atoms with Gasteiger partial charge in [0, 0.05) is 18.7 Å². The maximum atomic E-state index is 11.0. The zero-order valence-corrected chi connectivity index (χ0v) is 8.73. The first-order valence-electron chi connectivity index (χ1n) is 4.39. The number of carbonyl (C=O) groups excluding carboxylic acids is 1. The summed E-state index contributed by atoms with van der Waals surface area (Å²) in [5.41, 5.74) is 0. The molecule has 0 spiro atoms. The van der Waals surface area contributed by atoms with Crippen LogP contribution in [-0.2, 0) is 4.79 Å². The molecule has 0 aromatic carbocycles. The second-order valence-corrected chi connectivity index (χ2v) is 3.62. The topological polar surface area (TPSA) is 20.3 Å². The smallest absolute Gasteiger partial charge is 0.134 e. The van der Waals surface area contributed by atoms with E-state index < -0.39 is 0 Å². The summed E-state index contributed by atoms with van der Waals surface area (Å²) in [6, 6.07) is 0. The number of hydrogen-bond acceptors (Lipinski definition) is 2. The molecule has 0 aliphatic heterocycles. The number of nitrogens with zero attached hydrogens (tertiary/aromatic N) is 1. The van der Waals surface area contributed by atoms with E-state index in [0.717, 1.165) is 19.4 Å². The second-order valence-electron chi connectivity index (χ2n) is 3.24. The molecule has 0 rings (SSSR count). The molecule has 0 bridgehead atoms. The first-order valence-corrected chi connectivity index (χ1v) is 4.92. The van der Waals surface area contributed by atoms with Crippen LogP contribution in [0.3, 0.4) is 0 Å². The molecule has 0 amide bonds. The fourth-order valence-corrected chi connectivity index (χ4v) is 1.19. The number of rotatable bonds is 7. The Labute approximate surface area is 79.9 Å². The minimum absolute atomic E-state index is 0.295. The number of alkyl halides is 1. The van der Waals surface area contributed by atoms with Crippen molar-refractivity contribution >= 4 is 17.4 Å². The van der Waals surface area contributed by atoms with Crippen molar-refractivity contribution in [2.45, 2.75) is 25.7 Å². The third-order valence-electron chi connectivity index (χ3n) is 1.68. The van der Waals surface area contributed by atoms with E-state index >= 15 is 0 Å². The summed E-state index contributed by atoms with van der Waals surface area (Å²) in [7, 11) is 4.08. The Kier molecular flexibility index (Phi) is 7.51. The lowest BCUT2D eigenvalue weighted by Gasteiger charge is -2.07. The molecule has 0 aliphatic carbocycles. The van der Waals surface area contributed by atoms with Gasteiger partial charge in [-0.05, 0) is 33.5 Å². The largest absolute Gasteiger partial charge is 0.309 e. The van der Waals surface area contributed by atoms with E-state index in [1.54, 1.807) is 0 Å². The van der Waals surface area contributed by atoms with E-state index in [2.05, 4.69) is 4.90 Å². The van der Waals surface area contributed by atoms with Gasteiger partial charge in [-0.1, -0.05) is 0 Å². The molecule has 0 heterocycles. The van der Waals surface area contributed by atoms with Crippen LogP contribution in [0.1, 0.15) is 25.7 Å². The highest BCUT2D eigenvalue weighted by Crippen LogP contribution is 2.00. The van der Waals surface area contributed by atoms with Gasteiger partial charge in [0.25, 0.3) is 0 Å². The highest BCUT2D eigenvalue weighted by Gasteiger charge is 2.00. The Morgan fingerprint density at radius 1 is 1.25 bits per heavy atom. The molecule has 0 aromatic heterocycles. The van der Waals surface area contributed by atoms with Gasteiger partial charge < -0.3 is 4.90 Å². The summed E-state index contributed by atoms with van der Waals surface area (Å²) in [5.74, 6) is 0.760. The van der Waals surface area contributed by atoms with Gasteiger partial charge in [0.2, 0.25) is 0 Å². The normalized spacial score (nSPS) is 10.7. The minimum Gasteiger partial charge on any atom is -0.309 e. The minimum atomic E-state index is 0.295. The zero-order valence-electron chi connectivity index (χ0n) is 7.98. The molecule has 2 nitrogen and oxygen atoms in total. The molecule has 0 radical (unpaired) electrons. The molecular formula is C9H18ClNO. The van der Waals surface area contributed by atoms with Gasteiger partial charge in [-0.15, -0.1) is 11.6 Å². The highest BCUT2D eigenvalue weighted by molar-refractivity contribution is 6.19. The van der Waals surface area contributed by atoms with Gasteiger partial charge in [-0.25, -0.2) is 0 Å². The molecule has 0 aromatic rings. The number of hydrogen-bond donors (Lipinski definition) is 0. The van der Waals surface area contributed by atoms with E-state index in [1.807, 2.05) is 14.1 Å². The van der Waals surface area contributed by atoms with Gasteiger partial charge in [0.1, 0.15) is 5.78 Å². The number of Topliss-reactive ketones (excluding diaryl/α,β-unsaturated/α-hetero) is 1. The predicted octanol–water partition coefficient (Wildman–Crippen LogP) is 1.92. The molecule has 72 valence electrons. The van der Waals surface area contributed by atoms with E-state index in [-0.39, 0.29) is 0 Å². The molecular weight excluding hydrogens is 174 g/mol. The predicted molar refractivity (Wildman–Crippen MR) is 52.7 cm³/mol. The maximum absolute atomic E-state index is 11.0. The number of halogens is 1. The van der Waals surface area contributed by atoms with E-state index in [1.165, 1.54) is 0 Å². The third-order valence-corrected chi connectivity index (χ3v) is 1.87. The van der Waals surface area contributed by atoms with Crippen LogP contribution < -0.4 is 0 Å². The van der Waals surface area contributed by atoms with Gasteiger partial charge >= 0.3 is 0 Å². The van der Waals surface area contributed by atoms with Gasteiger partial charge in [-0.3, -0.25) is 4.79 Å². The summed E-state index contributed by atoms with van der Waals surface area (Å²) in [5, 5.41) is 0. The standard InChI is InChI=1S/C9H18ClNO/c1-11(2)8-4-3-5-9(12)6-7-10/h3-8H2,1-2H3. The average molecular weight is 192 g/mol. The molecule has 0 N–H and O–H groups in total. The van der Waals surface area contributed by atoms with Gasteiger partial charge in [0.05, 0.1) is 0 Å². The van der Waals surface area contributed by atoms with Crippen LogP contribution in [0.2, 0.25) is 0 Å². The Bertz CT molecular complexity index is 126. The van der Waals surface area contributed by atoms with Crippen molar-refractivity contribution in [2.75, 3.05) is 26.5 Å². The third kappa shape index (κ3) is 8.02. The lowest BCUT2D eigenvalue weighted by Crippen LogP contribution is -2.13. The SMILES string of the molecule is CN(C)CCCCC(=O)CCCl.